The minimum Gasteiger partial charge on any atom is -0.368 e. The summed E-state index contributed by atoms with van der Waals surface area (Å²) in [5.41, 5.74) is 0. The number of hydrogen-bond acceptors (Lipinski definition) is 4. The van der Waals surface area contributed by atoms with Gasteiger partial charge in [0.1, 0.15) is 6.10 Å². The fourth-order valence-electron chi connectivity index (χ4n) is 4.22. The van der Waals surface area contributed by atoms with E-state index < -0.39 is 12.7 Å². The van der Waals surface area contributed by atoms with Crippen molar-refractivity contribution in [1.82, 2.24) is 20.0 Å². The van der Waals surface area contributed by atoms with Crippen LogP contribution in [0.2, 0.25) is 0 Å². The molecular weight excluding hydrogens is 387 g/mol. The van der Waals surface area contributed by atoms with Crippen molar-refractivity contribution in [2.45, 2.75) is 38.5 Å². The Kier molecular flexibility index (Phi) is 7.61. The highest BCUT2D eigenvalue weighted by Crippen LogP contribution is 2.23. The standard InChI is InChI=1S/C19H32F3N5O2/c1-2-23-18(24-12-15-5-6-25(13-15)14-19(20,21)22)27-9-7-26(8-10-27)17(28)16-4-3-11-29-16/h15-16H,2-14H2,1H3,(H,23,24). The number of ether oxygens (including phenoxy) is 1. The predicted octanol–water partition coefficient (Wildman–Crippen LogP) is 1.16. The number of piperazine rings is 1. The molecule has 3 saturated heterocycles. The Labute approximate surface area is 170 Å². The summed E-state index contributed by atoms with van der Waals surface area (Å²) >= 11 is 0. The lowest BCUT2D eigenvalue weighted by molar-refractivity contribution is -0.144. The molecule has 1 N–H and O–H groups in total. The lowest BCUT2D eigenvalue weighted by Crippen LogP contribution is -2.55. The summed E-state index contributed by atoms with van der Waals surface area (Å²) in [5.74, 6) is 1.01. The molecule has 1 amide bonds. The Morgan fingerprint density at radius 3 is 2.48 bits per heavy atom. The maximum atomic E-state index is 12.6. The van der Waals surface area contributed by atoms with Crippen molar-refractivity contribution in [2.24, 2.45) is 10.9 Å². The van der Waals surface area contributed by atoms with Gasteiger partial charge in [0.05, 0.1) is 6.54 Å². The van der Waals surface area contributed by atoms with Gasteiger partial charge in [-0.1, -0.05) is 0 Å². The van der Waals surface area contributed by atoms with Gasteiger partial charge in [-0.15, -0.1) is 0 Å². The third-order valence-electron chi connectivity index (χ3n) is 5.70. The third kappa shape index (κ3) is 6.47. The number of hydrogen-bond donors (Lipinski definition) is 1. The molecular formula is C19H32F3N5O2. The molecule has 29 heavy (non-hydrogen) atoms. The third-order valence-corrected chi connectivity index (χ3v) is 5.70. The van der Waals surface area contributed by atoms with Crippen molar-refractivity contribution >= 4 is 11.9 Å². The Morgan fingerprint density at radius 2 is 1.86 bits per heavy atom. The van der Waals surface area contributed by atoms with E-state index in [-0.39, 0.29) is 17.9 Å². The first-order valence-electron chi connectivity index (χ1n) is 10.6. The molecule has 166 valence electrons. The first-order valence-corrected chi connectivity index (χ1v) is 10.6. The van der Waals surface area contributed by atoms with Gasteiger partial charge in [0.2, 0.25) is 0 Å². The van der Waals surface area contributed by atoms with Crippen LogP contribution in [0, 0.1) is 5.92 Å². The number of nitrogens with zero attached hydrogens (tertiary/aromatic N) is 4. The molecule has 0 spiro atoms. The first kappa shape index (κ1) is 22.1. The second-order valence-corrected chi connectivity index (χ2v) is 8.01. The summed E-state index contributed by atoms with van der Waals surface area (Å²) < 4.78 is 43.2. The highest BCUT2D eigenvalue weighted by Gasteiger charge is 2.34. The van der Waals surface area contributed by atoms with E-state index in [2.05, 4.69) is 10.2 Å². The van der Waals surface area contributed by atoms with Crippen LogP contribution in [-0.4, -0.2) is 104 Å². The zero-order valence-electron chi connectivity index (χ0n) is 17.1. The van der Waals surface area contributed by atoms with E-state index in [1.165, 1.54) is 4.90 Å². The van der Waals surface area contributed by atoms with E-state index in [0.29, 0.717) is 52.4 Å². The van der Waals surface area contributed by atoms with Crippen LogP contribution in [-0.2, 0) is 9.53 Å². The largest absolute Gasteiger partial charge is 0.401 e. The van der Waals surface area contributed by atoms with Crippen LogP contribution in [0.15, 0.2) is 4.99 Å². The zero-order chi connectivity index (χ0) is 20.9. The van der Waals surface area contributed by atoms with E-state index in [1.54, 1.807) is 0 Å². The summed E-state index contributed by atoms with van der Waals surface area (Å²) in [6.45, 7) is 6.61. The lowest BCUT2D eigenvalue weighted by Gasteiger charge is -2.37. The second kappa shape index (κ2) is 9.97. The van der Waals surface area contributed by atoms with Crippen LogP contribution >= 0.6 is 0 Å². The Hall–Kier alpha value is -1.55. The fraction of sp³-hybridized carbons (Fsp3) is 0.895. The number of guanidine groups is 1. The molecule has 0 aliphatic carbocycles. The molecule has 2 unspecified atom stereocenters. The molecule has 3 fully saturated rings. The molecule has 3 rings (SSSR count). The zero-order valence-corrected chi connectivity index (χ0v) is 17.1. The molecule has 0 radical (unpaired) electrons. The number of carbonyl (C=O) groups excluding carboxylic acids is 1. The van der Waals surface area contributed by atoms with E-state index in [9.17, 15) is 18.0 Å². The molecule has 7 nitrogen and oxygen atoms in total. The van der Waals surface area contributed by atoms with Crippen LogP contribution in [0.4, 0.5) is 13.2 Å². The van der Waals surface area contributed by atoms with Crippen molar-refractivity contribution in [2.75, 3.05) is 65.5 Å². The van der Waals surface area contributed by atoms with Crippen LogP contribution in [0.1, 0.15) is 26.2 Å². The van der Waals surface area contributed by atoms with Gasteiger partial charge in [0, 0.05) is 52.4 Å². The SMILES string of the molecule is CCNC(=NCC1CCN(CC(F)(F)F)C1)N1CCN(C(=O)C2CCCO2)CC1. The van der Waals surface area contributed by atoms with Crippen molar-refractivity contribution in [3.8, 4) is 0 Å². The minimum atomic E-state index is -4.15. The van der Waals surface area contributed by atoms with Gasteiger partial charge in [-0.2, -0.15) is 13.2 Å². The van der Waals surface area contributed by atoms with Crippen LogP contribution in [0.25, 0.3) is 0 Å². The van der Waals surface area contributed by atoms with Crippen molar-refractivity contribution in [3.63, 3.8) is 0 Å². The maximum absolute atomic E-state index is 12.6. The average Bonchev–Trinajstić information content (AvgIpc) is 3.35. The van der Waals surface area contributed by atoms with Crippen molar-refractivity contribution < 1.29 is 22.7 Å². The lowest BCUT2D eigenvalue weighted by atomic mass is 10.1. The number of halogens is 3. The van der Waals surface area contributed by atoms with Gasteiger partial charge in [-0.3, -0.25) is 14.7 Å². The number of aliphatic imine (C=N–C) groups is 1. The number of carbonyl (C=O) groups is 1. The van der Waals surface area contributed by atoms with E-state index in [0.717, 1.165) is 31.8 Å². The highest BCUT2D eigenvalue weighted by atomic mass is 19.4. The predicted molar refractivity (Wildman–Crippen MR) is 104 cm³/mol. The molecule has 0 aromatic rings. The molecule has 0 aromatic heterocycles. The smallest absolute Gasteiger partial charge is 0.368 e. The normalized spacial score (nSPS) is 27.0. The average molecular weight is 419 g/mol. The molecule has 0 aromatic carbocycles. The van der Waals surface area contributed by atoms with Gasteiger partial charge in [-0.05, 0) is 38.6 Å². The number of nitrogens with one attached hydrogen (secondary N) is 1. The summed E-state index contributed by atoms with van der Waals surface area (Å²) in [4.78, 5) is 22.6. The van der Waals surface area contributed by atoms with Crippen LogP contribution < -0.4 is 5.32 Å². The minimum absolute atomic E-state index is 0.0831. The summed E-state index contributed by atoms with van der Waals surface area (Å²) in [5, 5.41) is 3.28. The maximum Gasteiger partial charge on any atom is 0.401 e. The van der Waals surface area contributed by atoms with Gasteiger partial charge >= 0.3 is 6.18 Å². The monoisotopic (exact) mass is 419 g/mol. The Balaban J connectivity index is 1.48. The molecule has 0 bridgehead atoms. The first-order chi connectivity index (χ1) is 13.9. The Morgan fingerprint density at radius 1 is 1.14 bits per heavy atom. The van der Waals surface area contributed by atoms with Crippen LogP contribution in [0.5, 0.6) is 0 Å². The van der Waals surface area contributed by atoms with E-state index >= 15 is 0 Å². The van der Waals surface area contributed by atoms with Gasteiger partial charge in [0.25, 0.3) is 5.91 Å². The molecule has 0 saturated carbocycles. The molecule has 3 aliphatic rings. The molecule has 3 heterocycles. The van der Waals surface area contributed by atoms with E-state index in [1.807, 2.05) is 11.8 Å². The van der Waals surface area contributed by atoms with Crippen molar-refractivity contribution in [1.29, 1.82) is 0 Å². The van der Waals surface area contributed by atoms with Gasteiger partial charge in [0.15, 0.2) is 5.96 Å². The Bertz CT molecular complexity index is 573. The summed E-state index contributed by atoms with van der Waals surface area (Å²) in [6, 6.07) is 0. The second-order valence-electron chi connectivity index (χ2n) is 8.01. The number of amides is 1. The number of likely N-dealkylation sites (tertiary alicyclic amines) is 1. The summed E-state index contributed by atoms with van der Waals surface area (Å²) in [7, 11) is 0. The van der Waals surface area contributed by atoms with E-state index in [4.69, 9.17) is 9.73 Å². The topological polar surface area (TPSA) is 60.4 Å². The summed E-state index contributed by atoms with van der Waals surface area (Å²) in [6.07, 6.45) is -1.95. The molecule has 10 heteroatoms. The van der Waals surface area contributed by atoms with Gasteiger partial charge in [-0.25, -0.2) is 0 Å². The molecule has 3 aliphatic heterocycles. The fourth-order valence-corrected chi connectivity index (χ4v) is 4.22. The quantitative estimate of drug-likeness (QED) is 0.535. The molecule has 2 atom stereocenters. The number of alkyl halides is 3. The highest BCUT2D eigenvalue weighted by molar-refractivity contribution is 5.82. The van der Waals surface area contributed by atoms with Crippen molar-refractivity contribution in [3.05, 3.63) is 0 Å². The number of rotatable bonds is 5. The van der Waals surface area contributed by atoms with Gasteiger partial charge < -0.3 is 19.9 Å². The van der Waals surface area contributed by atoms with Crippen LogP contribution in [0.3, 0.4) is 0 Å².